The molecule has 0 unspecified atom stereocenters. The summed E-state index contributed by atoms with van der Waals surface area (Å²) < 4.78 is 25.7. The van der Waals surface area contributed by atoms with Crippen molar-refractivity contribution in [3.8, 4) is 0 Å². The van der Waals surface area contributed by atoms with E-state index in [0.717, 1.165) is 16.4 Å². The monoisotopic (exact) mass is 327 g/mol. The molecule has 7 nitrogen and oxygen atoms in total. The number of nitro groups is 1. The number of aromatic nitrogens is 1. The van der Waals surface area contributed by atoms with Crippen molar-refractivity contribution in [1.82, 2.24) is 4.98 Å². The lowest BCUT2D eigenvalue weighted by atomic mass is 10.3. The van der Waals surface area contributed by atoms with Gasteiger partial charge in [-0.2, -0.15) is 0 Å². The second kappa shape index (κ2) is 5.66. The third-order valence-corrected chi connectivity index (χ3v) is 4.74. The number of non-ortho nitro benzene ring substituents is 1. The third-order valence-electron chi connectivity index (χ3n) is 2.74. The molecule has 2 aromatic rings. The van der Waals surface area contributed by atoms with Crippen molar-refractivity contribution in [1.29, 1.82) is 0 Å². The summed E-state index contributed by atoms with van der Waals surface area (Å²) in [4.78, 5) is 13.8. The van der Waals surface area contributed by atoms with Crippen LogP contribution in [0.5, 0.6) is 0 Å². The number of benzene rings is 1. The molecule has 1 heterocycles. The summed E-state index contributed by atoms with van der Waals surface area (Å²) in [6, 6.07) is 7.61. The van der Waals surface area contributed by atoms with Crippen molar-refractivity contribution in [2.45, 2.75) is 4.90 Å². The summed E-state index contributed by atoms with van der Waals surface area (Å²) in [5.41, 5.74) is -0.179. The molecule has 1 aromatic carbocycles. The first-order valence-electron chi connectivity index (χ1n) is 5.67. The highest BCUT2D eigenvalue weighted by molar-refractivity contribution is 7.92. The van der Waals surface area contributed by atoms with Crippen molar-refractivity contribution in [2.24, 2.45) is 0 Å². The molecule has 1 aromatic heterocycles. The van der Waals surface area contributed by atoms with E-state index in [0.29, 0.717) is 5.02 Å². The lowest BCUT2D eigenvalue weighted by molar-refractivity contribution is -0.384. The molecule has 0 aliphatic rings. The van der Waals surface area contributed by atoms with E-state index < -0.39 is 14.9 Å². The first kappa shape index (κ1) is 15.2. The van der Waals surface area contributed by atoms with Crippen LogP contribution in [0.1, 0.15) is 0 Å². The first-order valence-corrected chi connectivity index (χ1v) is 7.49. The van der Waals surface area contributed by atoms with Crippen LogP contribution >= 0.6 is 11.6 Å². The van der Waals surface area contributed by atoms with Gasteiger partial charge in [-0.05, 0) is 24.3 Å². The number of halogens is 1. The summed E-state index contributed by atoms with van der Waals surface area (Å²) in [6.07, 6.45) is 1.33. The van der Waals surface area contributed by atoms with Crippen LogP contribution in [0.3, 0.4) is 0 Å². The van der Waals surface area contributed by atoms with Crippen LogP contribution in [0.4, 0.5) is 11.5 Å². The van der Waals surface area contributed by atoms with Crippen molar-refractivity contribution in [3.05, 3.63) is 57.7 Å². The zero-order valence-electron chi connectivity index (χ0n) is 10.8. The van der Waals surface area contributed by atoms with Crippen molar-refractivity contribution >= 4 is 33.1 Å². The summed E-state index contributed by atoms with van der Waals surface area (Å²) in [6.45, 7) is 0. The lowest BCUT2D eigenvalue weighted by Gasteiger charge is -2.18. The minimum Gasteiger partial charge on any atom is -0.258 e. The average Bonchev–Trinajstić information content (AvgIpc) is 2.47. The number of pyridine rings is 1. The van der Waals surface area contributed by atoms with Crippen molar-refractivity contribution in [2.75, 3.05) is 11.4 Å². The van der Waals surface area contributed by atoms with Crippen LogP contribution in [0.25, 0.3) is 0 Å². The number of nitrogens with zero attached hydrogens (tertiary/aromatic N) is 3. The molecule has 0 bridgehead atoms. The molecule has 21 heavy (non-hydrogen) atoms. The zero-order valence-corrected chi connectivity index (χ0v) is 12.4. The van der Waals surface area contributed by atoms with Gasteiger partial charge in [0.15, 0.2) is 0 Å². The number of nitro benzene ring substituents is 1. The van der Waals surface area contributed by atoms with E-state index in [9.17, 15) is 18.5 Å². The van der Waals surface area contributed by atoms with Gasteiger partial charge in [-0.15, -0.1) is 0 Å². The van der Waals surface area contributed by atoms with Crippen LogP contribution in [0.2, 0.25) is 5.02 Å². The van der Waals surface area contributed by atoms with E-state index in [1.807, 2.05) is 0 Å². The fourth-order valence-electron chi connectivity index (χ4n) is 1.58. The van der Waals surface area contributed by atoms with Gasteiger partial charge in [0.1, 0.15) is 5.82 Å². The van der Waals surface area contributed by atoms with Crippen LogP contribution in [0.15, 0.2) is 47.5 Å². The van der Waals surface area contributed by atoms with Gasteiger partial charge >= 0.3 is 0 Å². The molecule has 0 amide bonds. The third kappa shape index (κ3) is 3.11. The van der Waals surface area contributed by atoms with Crippen LogP contribution in [-0.2, 0) is 10.0 Å². The first-order chi connectivity index (χ1) is 9.82. The molecule has 0 spiro atoms. The second-order valence-electron chi connectivity index (χ2n) is 4.06. The fourth-order valence-corrected chi connectivity index (χ4v) is 2.84. The van der Waals surface area contributed by atoms with Crippen LogP contribution in [-0.4, -0.2) is 25.4 Å². The molecule has 0 radical (unpaired) electrons. The van der Waals surface area contributed by atoms with Gasteiger partial charge in [-0.25, -0.2) is 13.4 Å². The molecule has 0 aliphatic heterocycles. The topological polar surface area (TPSA) is 93.4 Å². The number of hydrogen-bond donors (Lipinski definition) is 0. The Kier molecular flexibility index (Phi) is 4.10. The normalized spacial score (nSPS) is 11.1. The maximum Gasteiger partial charge on any atom is 0.269 e. The van der Waals surface area contributed by atoms with E-state index in [1.165, 1.54) is 37.5 Å². The van der Waals surface area contributed by atoms with Crippen molar-refractivity contribution < 1.29 is 13.3 Å². The van der Waals surface area contributed by atoms with Gasteiger partial charge in [-0.3, -0.25) is 14.4 Å². The maximum atomic E-state index is 12.4. The van der Waals surface area contributed by atoms with Gasteiger partial charge in [0.05, 0.1) is 14.8 Å². The standard InChI is InChI=1S/C12H10ClN3O4S/c1-15(12-7-2-9(13)8-14-12)21(19,20)11-5-3-10(4-6-11)16(17)18/h2-8H,1H3. The molecule has 0 saturated heterocycles. The molecule has 0 fully saturated rings. The maximum absolute atomic E-state index is 12.4. The quantitative estimate of drug-likeness (QED) is 0.635. The Morgan fingerprint density at radius 3 is 2.29 bits per heavy atom. The highest BCUT2D eigenvalue weighted by Gasteiger charge is 2.22. The molecule has 2 rings (SSSR count). The highest BCUT2D eigenvalue weighted by Crippen LogP contribution is 2.23. The molecule has 0 aliphatic carbocycles. The Bertz CT molecular complexity index is 760. The number of hydrogen-bond acceptors (Lipinski definition) is 5. The molecule has 0 N–H and O–H groups in total. The van der Waals surface area contributed by atoms with E-state index in [1.54, 1.807) is 0 Å². The summed E-state index contributed by atoms with van der Waals surface area (Å²) in [5, 5.41) is 11.0. The fraction of sp³-hybridized carbons (Fsp3) is 0.0833. The number of sulfonamides is 1. The smallest absolute Gasteiger partial charge is 0.258 e. The minimum absolute atomic E-state index is 0.0626. The average molecular weight is 328 g/mol. The Morgan fingerprint density at radius 2 is 1.81 bits per heavy atom. The van der Waals surface area contributed by atoms with E-state index in [2.05, 4.69) is 4.98 Å². The van der Waals surface area contributed by atoms with Crippen molar-refractivity contribution in [3.63, 3.8) is 0 Å². The van der Waals surface area contributed by atoms with E-state index >= 15 is 0 Å². The predicted octanol–water partition coefficient (Wildman–Crippen LogP) is 2.47. The van der Waals surface area contributed by atoms with Gasteiger partial charge in [-0.1, -0.05) is 11.6 Å². The molecule has 9 heteroatoms. The molecule has 0 saturated carbocycles. The largest absolute Gasteiger partial charge is 0.269 e. The Morgan fingerprint density at radius 1 is 1.19 bits per heavy atom. The van der Waals surface area contributed by atoms with Gasteiger partial charge < -0.3 is 0 Å². The second-order valence-corrected chi connectivity index (χ2v) is 6.46. The molecule has 110 valence electrons. The minimum atomic E-state index is -3.84. The summed E-state index contributed by atoms with van der Waals surface area (Å²) >= 11 is 5.70. The Balaban J connectivity index is 2.36. The molecular weight excluding hydrogens is 318 g/mol. The predicted molar refractivity (Wildman–Crippen MR) is 77.9 cm³/mol. The van der Waals surface area contributed by atoms with Gasteiger partial charge in [0, 0.05) is 25.4 Å². The van der Waals surface area contributed by atoms with Crippen LogP contribution in [0, 0.1) is 10.1 Å². The van der Waals surface area contributed by atoms with E-state index in [-0.39, 0.29) is 16.4 Å². The molecule has 0 atom stereocenters. The van der Waals surface area contributed by atoms with Gasteiger partial charge in [0.25, 0.3) is 15.7 Å². The number of anilines is 1. The Labute approximate surface area is 126 Å². The SMILES string of the molecule is CN(c1ccc(Cl)cn1)S(=O)(=O)c1ccc([N+](=O)[O-])cc1. The summed E-state index contributed by atoms with van der Waals surface area (Å²) in [7, 11) is -2.50. The highest BCUT2D eigenvalue weighted by atomic mass is 35.5. The molecular formula is C12H10ClN3O4S. The van der Waals surface area contributed by atoms with Crippen LogP contribution < -0.4 is 4.31 Å². The summed E-state index contributed by atoms with van der Waals surface area (Å²) in [5.74, 6) is 0.192. The van der Waals surface area contributed by atoms with Gasteiger partial charge in [0.2, 0.25) is 0 Å². The lowest BCUT2D eigenvalue weighted by Crippen LogP contribution is -2.27. The van der Waals surface area contributed by atoms with E-state index in [4.69, 9.17) is 11.6 Å². The number of rotatable bonds is 4. The Hall–Kier alpha value is -2.19. The zero-order chi connectivity index (χ0) is 15.6.